The van der Waals surface area contributed by atoms with Gasteiger partial charge in [0.05, 0.1) is 6.26 Å². The van der Waals surface area contributed by atoms with Gasteiger partial charge in [0, 0.05) is 26.2 Å². The van der Waals surface area contributed by atoms with E-state index < -0.39 is 16.0 Å². The molecule has 104 valence electrons. The van der Waals surface area contributed by atoms with Crippen molar-refractivity contribution in [2.24, 2.45) is 0 Å². The third-order valence-electron chi connectivity index (χ3n) is 2.99. The van der Waals surface area contributed by atoms with Gasteiger partial charge in [0.2, 0.25) is 10.0 Å². The predicted molar refractivity (Wildman–Crippen MR) is 69.8 cm³/mol. The Balaban J connectivity index is 2.10. The zero-order valence-corrected chi connectivity index (χ0v) is 11.3. The number of carbonyl (C=O) groups is 1. The molecular weight excluding hydrogens is 270 g/mol. The lowest BCUT2D eigenvalue weighted by atomic mass is 10.3. The first-order valence-electron chi connectivity index (χ1n) is 5.78. The first kappa shape index (κ1) is 13.8. The summed E-state index contributed by atoms with van der Waals surface area (Å²) >= 11 is 0. The van der Waals surface area contributed by atoms with Crippen LogP contribution in [0.15, 0.2) is 18.2 Å². The third-order valence-corrected chi connectivity index (χ3v) is 4.29. The number of nitrogens with zero attached hydrogens (tertiary/aromatic N) is 3. The van der Waals surface area contributed by atoms with Crippen LogP contribution in [0.3, 0.4) is 0 Å². The number of piperazine rings is 1. The van der Waals surface area contributed by atoms with Gasteiger partial charge in [-0.2, -0.15) is 4.31 Å². The van der Waals surface area contributed by atoms with Crippen LogP contribution >= 0.6 is 0 Å². The van der Waals surface area contributed by atoms with E-state index in [4.69, 9.17) is 5.11 Å². The Morgan fingerprint density at radius 2 is 1.89 bits per heavy atom. The van der Waals surface area contributed by atoms with Crippen molar-refractivity contribution in [2.45, 2.75) is 0 Å². The Bertz CT molecular complexity index is 579. The lowest BCUT2D eigenvalue weighted by Gasteiger charge is -2.34. The zero-order chi connectivity index (χ0) is 14.0. The average Bonchev–Trinajstić information content (AvgIpc) is 2.38. The van der Waals surface area contributed by atoms with Crippen LogP contribution in [-0.4, -0.2) is 61.2 Å². The summed E-state index contributed by atoms with van der Waals surface area (Å²) in [5.74, 6) is -0.510. The van der Waals surface area contributed by atoms with Crippen molar-refractivity contribution < 1.29 is 18.3 Å². The van der Waals surface area contributed by atoms with E-state index in [9.17, 15) is 13.2 Å². The molecule has 0 radical (unpaired) electrons. The summed E-state index contributed by atoms with van der Waals surface area (Å²) in [6, 6.07) is 4.79. The highest BCUT2D eigenvalue weighted by Gasteiger charge is 2.24. The number of aromatic carboxylic acids is 1. The molecule has 2 rings (SSSR count). The van der Waals surface area contributed by atoms with Crippen LogP contribution < -0.4 is 4.90 Å². The Kier molecular flexibility index (Phi) is 3.72. The Morgan fingerprint density at radius 1 is 1.26 bits per heavy atom. The summed E-state index contributed by atoms with van der Waals surface area (Å²) < 4.78 is 24.2. The fraction of sp³-hybridized carbons (Fsp3) is 0.455. The zero-order valence-electron chi connectivity index (χ0n) is 10.5. The van der Waals surface area contributed by atoms with Crippen LogP contribution in [0.4, 0.5) is 5.82 Å². The van der Waals surface area contributed by atoms with Gasteiger partial charge in [-0.1, -0.05) is 6.07 Å². The lowest BCUT2D eigenvalue weighted by molar-refractivity contribution is 0.0690. The van der Waals surface area contributed by atoms with E-state index in [-0.39, 0.29) is 5.69 Å². The molecule has 0 aromatic carbocycles. The summed E-state index contributed by atoms with van der Waals surface area (Å²) in [6.07, 6.45) is 1.19. The fourth-order valence-electron chi connectivity index (χ4n) is 1.97. The molecule has 1 saturated heterocycles. The number of sulfonamides is 1. The Hall–Kier alpha value is -1.67. The first-order chi connectivity index (χ1) is 8.88. The van der Waals surface area contributed by atoms with Crippen molar-refractivity contribution >= 4 is 21.8 Å². The molecule has 7 nitrogen and oxygen atoms in total. The highest BCUT2D eigenvalue weighted by atomic mass is 32.2. The van der Waals surface area contributed by atoms with Gasteiger partial charge in [-0.05, 0) is 12.1 Å². The molecule has 1 aromatic heterocycles. The first-order valence-corrected chi connectivity index (χ1v) is 7.63. The van der Waals surface area contributed by atoms with Gasteiger partial charge in [0.25, 0.3) is 0 Å². The molecule has 0 atom stereocenters. The van der Waals surface area contributed by atoms with E-state index in [1.54, 1.807) is 12.1 Å². The van der Waals surface area contributed by atoms with Crippen molar-refractivity contribution in [2.75, 3.05) is 37.3 Å². The minimum atomic E-state index is -3.16. The average molecular weight is 285 g/mol. The number of carboxylic acid groups (broad SMARTS) is 1. The molecule has 19 heavy (non-hydrogen) atoms. The molecule has 1 aromatic rings. The molecule has 0 spiro atoms. The van der Waals surface area contributed by atoms with E-state index in [1.165, 1.54) is 16.6 Å². The molecule has 1 aliphatic heterocycles. The van der Waals surface area contributed by atoms with Crippen LogP contribution in [0.2, 0.25) is 0 Å². The molecule has 0 unspecified atom stereocenters. The molecule has 0 amide bonds. The summed E-state index contributed by atoms with van der Waals surface area (Å²) in [4.78, 5) is 16.8. The van der Waals surface area contributed by atoms with Crippen LogP contribution in [0, 0.1) is 0 Å². The second kappa shape index (κ2) is 5.14. The monoisotopic (exact) mass is 285 g/mol. The van der Waals surface area contributed by atoms with Crippen molar-refractivity contribution in [1.82, 2.24) is 9.29 Å². The van der Waals surface area contributed by atoms with Gasteiger partial charge in [0.15, 0.2) is 5.69 Å². The van der Waals surface area contributed by atoms with Crippen LogP contribution in [-0.2, 0) is 10.0 Å². The standard InChI is InChI=1S/C11H15N3O4S/c1-19(17,18)14-7-5-13(6-8-14)10-4-2-3-9(12-10)11(15)16/h2-4H,5-8H2,1H3,(H,15,16). The molecule has 0 saturated carbocycles. The van der Waals surface area contributed by atoms with Crippen LogP contribution in [0.5, 0.6) is 0 Å². The van der Waals surface area contributed by atoms with Gasteiger partial charge in [-0.15, -0.1) is 0 Å². The second-order valence-corrected chi connectivity index (χ2v) is 6.32. The number of hydrogen-bond acceptors (Lipinski definition) is 5. The Morgan fingerprint density at radius 3 is 2.42 bits per heavy atom. The predicted octanol–water partition coefficient (Wildman–Crippen LogP) is -0.139. The van der Waals surface area contributed by atoms with E-state index in [2.05, 4.69) is 4.98 Å². The van der Waals surface area contributed by atoms with Crippen molar-refractivity contribution in [1.29, 1.82) is 0 Å². The van der Waals surface area contributed by atoms with Crippen molar-refractivity contribution in [3.05, 3.63) is 23.9 Å². The Labute approximate surface area is 111 Å². The van der Waals surface area contributed by atoms with E-state index in [1.807, 2.05) is 4.90 Å². The maximum absolute atomic E-state index is 11.4. The molecule has 1 aliphatic rings. The van der Waals surface area contributed by atoms with Gasteiger partial charge in [0.1, 0.15) is 5.82 Å². The molecular formula is C11H15N3O4S. The fourth-order valence-corrected chi connectivity index (χ4v) is 2.79. The summed E-state index contributed by atoms with van der Waals surface area (Å²) in [7, 11) is -3.16. The minimum absolute atomic E-state index is 0.0111. The van der Waals surface area contributed by atoms with Crippen LogP contribution in [0.25, 0.3) is 0 Å². The van der Waals surface area contributed by atoms with Crippen molar-refractivity contribution in [3.8, 4) is 0 Å². The normalized spacial score (nSPS) is 17.4. The number of carboxylic acids is 1. The highest BCUT2D eigenvalue weighted by Crippen LogP contribution is 2.15. The highest BCUT2D eigenvalue weighted by molar-refractivity contribution is 7.88. The minimum Gasteiger partial charge on any atom is -0.477 e. The largest absolute Gasteiger partial charge is 0.477 e. The van der Waals surface area contributed by atoms with Gasteiger partial charge in [-0.25, -0.2) is 18.2 Å². The maximum Gasteiger partial charge on any atom is 0.354 e. The topological polar surface area (TPSA) is 90.8 Å². The summed E-state index contributed by atoms with van der Waals surface area (Å²) in [5.41, 5.74) is -0.0111. The molecule has 0 aliphatic carbocycles. The van der Waals surface area contributed by atoms with Gasteiger partial charge >= 0.3 is 5.97 Å². The number of anilines is 1. The smallest absolute Gasteiger partial charge is 0.354 e. The van der Waals surface area contributed by atoms with E-state index in [0.29, 0.717) is 32.0 Å². The summed E-state index contributed by atoms with van der Waals surface area (Å²) in [5, 5.41) is 8.89. The number of rotatable bonds is 3. The lowest BCUT2D eigenvalue weighted by Crippen LogP contribution is -2.48. The molecule has 0 bridgehead atoms. The van der Waals surface area contributed by atoms with Crippen molar-refractivity contribution in [3.63, 3.8) is 0 Å². The molecule has 1 fully saturated rings. The summed E-state index contributed by atoms with van der Waals surface area (Å²) in [6.45, 7) is 1.78. The SMILES string of the molecule is CS(=O)(=O)N1CCN(c2cccc(C(=O)O)n2)CC1. The van der Waals surface area contributed by atoms with Gasteiger partial charge in [-0.3, -0.25) is 0 Å². The third kappa shape index (κ3) is 3.21. The van der Waals surface area contributed by atoms with E-state index in [0.717, 1.165) is 0 Å². The van der Waals surface area contributed by atoms with Gasteiger partial charge < -0.3 is 10.0 Å². The second-order valence-electron chi connectivity index (χ2n) is 4.34. The molecule has 8 heteroatoms. The maximum atomic E-state index is 11.4. The van der Waals surface area contributed by atoms with E-state index >= 15 is 0 Å². The number of aromatic nitrogens is 1. The number of hydrogen-bond donors (Lipinski definition) is 1. The number of pyridine rings is 1. The molecule has 2 heterocycles. The van der Waals surface area contributed by atoms with Crippen LogP contribution in [0.1, 0.15) is 10.5 Å². The molecule has 1 N–H and O–H groups in total. The quantitative estimate of drug-likeness (QED) is 0.831.